The molecule has 0 aliphatic carbocycles. The quantitative estimate of drug-likeness (QED) is 0.814. The van der Waals surface area contributed by atoms with E-state index in [1.807, 2.05) is 48.5 Å². The maximum Gasteiger partial charge on any atom is 0.168 e. The van der Waals surface area contributed by atoms with Gasteiger partial charge in [0.05, 0.1) is 6.10 Å². The normalized spacial score (nSPS) is 13.7. The van der Waals surface area contributed by atoms with Crippen molar-refractivity contribution < 1.29 is 9.90 Å². The van der Waals surface area contributed by atoms with Crippen LogP contribution in [0.3, 0.4) is 0 Å². The highest BCUT2D eigenvalue weighted by Gasteiger charge is 2.22. The molecule has 20 heavy (non-hydrogen) atoms. The molecule has 0 bridgehead atoms. The molecule has 2 nitrogen and oxygen atoms in total. The molecule has 0 aliphatic heterocycles. The number of aliphatic hydroxyl groups is 1. The summed E-state index contributed by atoms with van der Waals surface area (Å²) < 4.78 is 0. The van der Waals surface area contributed by atoms with E-state index in [1.165, 1.54) is 5.56 Å². The lowest BCUT2D eigenvalue weighted by Gasteiger charge is -2.17. The molecule has 2 rings (SSSR count). The van der Waals surface area contributed by atoms with Crippen LogP contribution in [0.25, 0.3) is 0 Å². The van der Waals surface area contributed by atoms with E-state index in [4.69, 9.17) is 0 Å². The van der Waals surface area contributed by atoms with Gasteiger partial charge in [-0.2, -0.15) is 0 Å². The van der Waals surface area contributed by atoms with Gasteiger partial charge in [0, 0.05) is 11.5 Å². The van der Waals surface area contributed by atoms with Gasteiger partial charge >= 0.3 is 0 Å². The molecule has 2 aromatic carbocycles. The average Bonchev–Trinajstić information content (AvgIpc) is 2.53. The van der Waals surface area contributed by atoms with Crippen molar-refractivity contribution in [2.24, 2.45) is 5.92 Å². The van der Waals surface area contributed by atoms with Crippen molar-refractivity contribution in [3.05, 3.63) is 71.8 Å². The van der Waals surface area contributed by atoms with Crippen molar-refractivity contribution >= 4 is 5.78 Å². The van der Waals surface area contributed by atoms with E-state index in [-0.39, 0.29) is 11.7 Å². The number of rotatable bonds is 6. The fourth-order valence-electron chi connectivity index (χ4n) is 2.25. The first-order chi connectivity index (χ1) is 9.68. The predicted octanol–water partition coefficient (Wildman–Crippen LogP) is 3.50. The second-order valence-corrected chi connectivity index (χ2v) is 5.11. The summed E-state index contributed by atoms with van der Waals surface area (Å²) in [5.74, 6) is -0.368. The van der Waals surface area contributed by atoms with E-state index >= 15 is 0 Å². The minimum absolute atomic E-state index is 0.00571. The third kappa shape index (κ3) is 3.78. The van der Waals surface area contributed by atoms with Gasteiger partial charge in [0.1, 0.15) is 0 Å². The van der Waals surface area contributed by atoms with Crippen LogP contribution in [0.5, 0.6) is 0 Å². The Morgan fingerprint density at radius 2 is 1.55 bits per heavy atom. The highest BCUT2D eigenvalue weighted by Crippen LogP contribution is 2.16. The molecule has 0 radical (unpaired) electrons. The van der Waals surface area contributed by atoms with Crippen molar-refractivity contribution in [1.29, 1.82) is 0 Å². The monoisotopic (exact) mass is 268 g/mol. The molecule has 0 heterocycles. The molecular weight excluding hydrogens is 248 g/mol. The summed E-state index contributed by atoms with van der Waals surface area (Å²) >= 11 is 0. The van der Waals surface area contributed by atoms with Gasteiger partial charge in [0.2, 0.25) is 0 Å². The van der Waals surface area contributed by atoms with Crippen molar-refractivity contribution in [2.75, 3.05) is 0 Å². The predicted molar refractivity (Wildman–Crippen MR) is 80.7 cm³/mol. The molecule has 0 fully saturated rings. The fourth-order valence-corrected chi connectivity index (χ4v) is 2.25. The van der Waals surface area contributed by atoms with Crippen molar-refractivity contribution in [3.8, 4) is 0 Å². The molecular formula is C18H20O2. The van der Waals surface area contributed by atoms with Gasteiger partial charge in [-0.1, -0.05) is 67.6 Å². The van der Waals surface area contributed by atoms with E-state index in [0.717, 1.165) is 6.42 Å². The van der Waals surface area contributed by atoms with Crippen LogP contribution in [-0.2, 0) is 6.42 Å². The fraction of sp³-hybridized carbons (Fsp3) is 0.278. The zero-order valence-electron chi connectivity index (χ0n) is 11.7. The van der Waals surface area contributed by atoms with Crippen molar-refractivity contribution in [3.63, 3.8) is 0 Å². The number of carbonyl (C=O) groups is 1. The number of aryl methyl sites for hydroxylation is 1. The molecule has 2 heteroatoms. The lowest BCUT2D eigenvalue weighted by atomic mass is 9.91. The van der Waals surface area contributed by atoms with Gasteiger partial charge in [-0.25, -0.2) is 0 Å². The molecule has 0 aliphatic rings. The average molecular weight is 268 g/mol. The maximum absolute atomic E-state index is 12.2. The van der Waals surface area contributed by atoms with Crippen LogP contribution in [0.15, 0.2) is 60.7 Å². The second-order valence-electron chi connectivity index (χ2n) is 5.11. The van der Waals surface area contributed by atoms with Crippen molar-refractivity contribution in [2.45, 2.75) is 25.9 Å². The molecule has 2 aromatic rings. The highest BCUT2D eigenvalue weighted by atomic mass is 16.3. The Bertz CT molecular complexity index is 534. The molecule has 0 amide bonds. The third-order valence-electron chi connectivity index (χ3n) is 3.62. The van der Waals surface area contributed by atoms with Crippen LogP contribution in [0, 0.1) is 5.92 Å². The van der Waals surface area contributed by atoms with Gasteiger partial charge < -0.3 is 5.11 Å². The van der Waals surface area contributed by atoms with Gasteiger partial charge in [-0.3, -0.25) is 4.79 Å². The third-order valence-corrected chi connectivity index (χ3v) is 3.62. The number of hydrogen-bond donors (Lipinski definition) is 1. The molecule has 1 N–H and O–H groups in total. The number of benzene rings is 2. The number of aliphatic hydroxyl groups excluding tert-OH is 1. The molecule has 0 spiro atoms. The first kappa shape index (κ1) is 14.5. The van der Waals surface area contributed by atoms with E-state index < -0.39 is 6.10 Å². The summed E-state index contributed by atoms with van der Waals surface area (Å²) in [7, 11) is 0. The number of hydrogen-bond acceptors (Lipinski definition) is 2. The van der Waals surface area contributed by atoms with E-state index in [9.17, 15) is 9.90 Å². The molecule has 0 saturated heterocycles. The lowest BCUT2D eigenvalue weighted by Crippen LogP contribution is -2.26. The van der Waals surface area contributed by atoms with Crippen LogP contribution in [0.1, 0.15) is 29.3 Å². The molecule has 0 aromatic heterocycles. The number of Topliss-reactive ketones (excluding diaryl/α,β-unsaturated/α-hetero) is 1. The Hall–Kier alpha value is -1.93. The Morgan fingerprint density at radius 3 is 2.15 bits per heavy atom. The summed E-state index contributed by atoms with van der Waals surface area (Å²) in [5, 5.41) is 10.2. The Morgan fingerprint density at radius 1 is 1.00 bits per heavy atom. The SMILES string of the molecule is CC(C(=O)c1ccccc1)C(O)CCc1ccccc1. The summed E-state index contributed by atoms with van der Waals surface area (Å²) in [6, 6.07) is 19.2. The van der Waals surface area contributed by atoms with E-state index in [2.05, 4.69) is 0 Å². The van der Waals surface area contributed by atoms with Crippen LogP contribution >= 0.6 is 0 Å². The van der Waals surface area contributed by atoms with Gasteiger partial charge in [0.15, 0.2) is 5.78 Å². The van der Waals surface area contributed by atoms with Crippen molar-refractivity contribution in [1.82, 2.24) is 0 Å². The topological polar surface area (TPSA) is 37.3 Å². The second kappa shape index (κ2) is 7.01. The van der Waals surface area contributed by atoms with Crippen LogP contribution in [-0.4, -0.2) is 17.0 Å². The van der Waals surface area contributed by atoms with E-state index in [1.54, 1.807) is 19.1 Å². The van der Waals surface area contributed by atoms with Crippen LogP contribution in [0.4, 0.5) is 0 Å². The van der Waals surface area contributed by atoms with Gasteiger partial charge in [-0.05, 0) is 18.4 Å². The number of carbonyl (C=O) groups excluding carboxylic acids is 1. The molecule has 104 valence electrons. The first-order valence-corrected chi connectivity index (χ1v) is 6.99. The number of ketones is 1. The summed E-state index contributed by atoms with van der Waals surface area (Å²) in [6.07, 6.45) is 0.779. The molecule has 2 unspecified atom stereocenters. The Labute approximate surface area is 120 Å². The zero-order valence-corrected chi connectivity index (χ0v) is 11.7. The molecule has 0 saturated carbocycles. The maximum atomic E-state index is 12.2. The lowest BCUT2D eigenvalue weighted by molar-refractivity contribution is 0.0692. The smallest absolute Gasteiger partial charge is 0.168 e. The minimum Gasteiger partial charge on any atom is -0.392 e. The largest absolute Gasteiger partial charge is 0.392 e. The first-order valence-electron chi connectivity index (χ1n) is 6.99. The van der Waals surface area contributed by atoms with Crippen LogP contribution < -0.4 is 0 Å². The molecule has 2 atom stereocenters. The summed E-state index contributed by atoms with van der Waals surface area (Å²) in [6.45, 7) is 1.80. The Kier molecular flexibility index (Phi) is 5.08. The van der Waals surface area contributed by atoms with Crippen LogP contribution in [0.2, 0.25) is 0 Å². The van der Waals surface area contributed by atoms with E-state index in [0.29, 0.717) is 12.0 Å². The standard InChI is InChI=1S/C18H20O2/c1-14(18(20)16-10-6-3-7-11-16)17(19)13-12-15-8-4-2-5-9-15/h2-11,14,17,19H,12-13H2,1H3. The summed E-state index contributed by atoms with van der Waals surface area (Å²) in [5.41, 5.74) is 1.85. The Balaban J connectivity index is 1.92. The highest BCUT2D eigenvalue weighted by molar-refractivity contribution is 5.97. The van der Waals surface area contributed by atoms with Gasteiger partial charge in [-0.15, -0.1) is 0 Å². The minimum atomic E-state index is -0.608. The zero-order chi connectivity index (χ0) is 14.4. The summed E-state index contributed by atoms with van der Waals surface area (Å²) in [4.78, 5) is 12.2. The van der Waals surface area contributed by atoms with Gasteiger partial charge in [0.25, 0.3) is 0 Å².